The normalized spacial score (nSPS) is 23.9. The molecule has 0 radical (unpaired) electrons. The van der Waals surface area contributed by atoms with Crippen LogP contribution in [0.1, 0.15) is 30.6 Å². The van der Waals surface area contributed by atoms with Crippen molar-refractivity contribution in [3.63, 3.8) is 0 Å². The van der Waals surface area contributed by atoms with Crippen LogP contribution in [0.5, 0.6) is 0 Å². The number of benzene rings is 1. The predicted molar refractivity (Wildman–Crippen MR) is 81.4 cm³/mol. The highest BCUT2D eigenvalue weighted by molar-refractivity contribution is 6.31. The molecule has 2 atom stereocenters. The van der Waals surface area contributed by atoms with Crippen LogP contribution in [-0.4, -0.2) is 32.2 Å². The molecule has 110 valence electrons. The molecule has 4 nitrogen and oxygen atoms in total. The summed E-state index contributed by atoms with van der Waals surface area (Å²) < 4.78 is 5.40. The zero-order valence-electron chi connectivity index (χ0n) is 12.3. The maximum atomic E-state index is 12.4. The monoisotopic (exact) mass is 296 g/mol. The van der Waals surface area contributed by atoms with Crippen molar-refractivity contribution in [2.75, 3.05) is 19.5 Å². The first-order valence-electron chi connectivity index (χ1n) is 6.71. The van der Waals surface area contributed by atoms with Gasteiger partial charge in [-0.25, -0.2) is 0 Å². The molecule has 2 N–H and O–H groups in total. The van der Waals surface area contributed by atoms with E-state index < -0.39 is 0 Å². The zero-order chi connectivity index (χ0) is 14.9. The standard InChI is InChI=1S/C15H21ClN2O2/c1-15(2)12(8-13(15)20-4)18-14(19)10-7-9(16)5-6-11(10)17-3/h5-7,12-13,17H,8H2,1-4H3,(H,18,19). The average molecular weight is 297 g/mol. The largest absolute Gasteiger partial charge is 0.387 e. The number of hydrogen-bond donors (Lipinski definition) is 2. The lowest BCUT2D eigenvalue weighted by atomic mass is 9.64. The lowest BCUT2D eigenvalue weighted by Crippen LogP contribution is -2.61. The number of ether oxygens (including phenoxy) is 1. The van der Waals surface area contributed by atoms with Crippen LogP contribution in [0.2, 0.25) is 5.02 Å². The summed E-state index contributed by atoms with van der Waals surface area (Å²) in [5.74, 6) is -0.107. The van der Waals surface area contributed by atoms with Gasteiger partial charge in [0.05, 0.1) is 11.7 Å². The van der Waals surface area contributed by atoms with Crippen LogP contribution in [0.15, 0.2) is 18.2 Å². The molecule has 5 heteroatoms. The topological polar surface area (TPSA) is 50.4 Å². The van der Waals surface area contributed by atoms with E-state index in [0.717, 1.165) is 12.1 Å². The van der Waals surface area contributed by atoms with E-state index in [1.807, 2.05) is 0 Å². The SMILES string of the molecule is CNc1ccc(Cl)cc1C(=O)NC1CC(OC)C1(C)C. The van der Waals surface area contributed by atoms with Crippen molar-refractivity contribution in [2.45, 2.75) is 32.4 Å². The third-order valence-electron chi connectivity index (χ3n) is 4.26. The second-order valence-electron chi connectivity index (χ2n) is 5.75. The summed E-state index contributed by atoms with van der Waals surface area (Å²) in [5, 5.41) is 6.63. The molecule has 20 heavy (non-hydrogen) atoms. The van der Waals surface area contributed by atoms with Gasteiger partial charge >= 0.3 is 0 Å². The summed E-state index contributed by atoms with van der Waals surface area (Å²) in [7, 11) is 3.49. The van der Waals surface area contributed by atoms with Gasteiger partial charge in [0.1, 0.15) is 0 Å². The van der Waals surface area contributed by atoms with Gasteiger partial charge in [-0.3, -0.25) is 4.79 Å². The van der Waals surface area contributed by atoms with Crippen LogP contribution in [-0.2, 0) is 4.74 Å². The molecule has 1 amide bonds. The highest BCUT2D eigenvalue weighted by atomic mass is 35.5. The van der Waals surface area contributed by atoms with Crippen molar-refractivity contribution in [1.29, 1.82) is 0 Å². The van der Waals surface area contributed by atoms with E-state index in [-0.39, 0.29) is 23.5 Å². The van der Waals surface area contributed by atoms with Crippen LogP contribution < -0.4 is 10.6 Å². The number of halogens is 1. The molecule has 0 bridgehead atoms. The number of amides is 1. The van der Waals surface area contributed by atoms with Crippen molar-refractivity contribution in [2.24, 2.45) is 5.41 Å². The molecule has 1 aliphatic rings. The molecule has 2 rings (SSSR count). The van der Waals surface area contributed by atoms with Gasteiger partial charge in [0.25, 0.3) is 5.91 Å². The molecule has 1 aromatic carbocycles. The van der Waals surface area contributed by atoms with E-state index >= 15 is 0 Å². The predicted octanol–water partition coefficient (Wildman–Crippen LogP) is 2.93. The molecular formula is C15H21ClN2O2. The number of carbonyl (C=O) groups is 1. The summed E-state index contributed by atoms with van der Waals surface area (Å²) >= 11 is 5.98. The molecule has 1 aromatic rings. The molecule has 0 saturated heterocycles. The third kappa shape index (κ3) is 2.63. The van der Waals surface area contributed by atoms with E-state index in [2.05, 4.69) is 24.5 Å². The summed E-state index contributed by atoms with van der Waals surface area (Å²) in [6.07, 6.45) is 1.03. The van der Waals surface area contributed by atoms with Gasteiger partial charge in [0.2, 0.25) is 0 Å². The Morgan fingerprint density at radius 2 is 2.15 bits per heavy atom. The van der Waals surface area contributed by atoms with Crippen molar-refractivity contribution >= 4 is 23.2 Å². The van der Waals surface area contributed by atoms with Gasteiger partial charge in [0.15, 0.2) is 0 Å². The smallest absolute Gasteiger partial charge is 0.253 e. The molecule has 0 heterocycles. The molecule has 0 aliphatic heterocycles. The summed E-state index contributed by atoms with van der Waals surface area (Å²) in [6.45, 7) is 4.21. The second kappa shape index (κ2) is 5.62. The minimum absolute atomic E-state index is 0.0528. The van der Waals surface area contributed by atoms with Crippen molar-refractivity contribution < 1.29 is 9.53 Å². The Labute approximate surface area is 124 Å². The number of anilines is 1. The first-order valence-corrected chi connectivity index (χ1v) is 7.09. The molecule has 0 aromatic heterocycles. The molecule has 0 spiro atoms. The lowest BCUT2D eigenvalue weighted by molar-refractivity contribution is -0.0942. The van der Waals surface area contributed by atoms with Crippen LogP contribution in [0.25, 0.3) is 0 Å². The minimum Gasteiger partial charge on any atom is -0.387 e. The molecule has 1 saturated carbocycles. The highest BCUT2D eigenvalue weighted by Gasteiger charge is 2.49. The van der Waals surface area contributed by atoms with Crippen molar-refractivity contribution in [3.05, 3.63) is 28.8 Å². The Kier molecular flexibility index (Phi) is 4.25. The van der Waals surface area contributed by atoms with Crippen LogP contribution in [0.3, 0.4) is 0 Å². The summed E-state index contributed by atoms with van der Waals surface area (Å²) in [5.41, 5.74) is 1.28. The fraction of sp³-hybridized carbons (Fsp3) is 0.533. The van der Waals surface area contributed by atoms with E-state index in [4.69, 9.17) is 16.3 Å². The van der Waals surface area contributed by atoms with E-state index in [0.29, 0.717) is 10.6 Å². The van der Waals surface area contributed by atoms with Crippen LogP contribution >= 0.6 is 11.6 Å². The van der Waals surface area contributed by atoms with Crippen molar-refractivity contribution in [1.82, 2.24) is 5.32 Å². The van der Waals surface area contributed by atoms with Crippen LogP contribution in [0, 0.1) is 5.41 Å². The maximum absolute atomic E-state index is 12.4. The maximum Gasteiger partial charge on any atom is 0.253 e. The quantitative estimate of drug-likeness (QED) is 0.898. The van der Waals surface area contributed by atoms with E-state index in [9.17, 15) is 4.79 Å². The van der Waals surface area contributed by atoms with Gasteiger partial charge in [-0.05, 0) is 24.6 Å². The van der Waals surface area contributed by atoms with Gasteiger partial charge in [-0.15, -0.1) is 0 Å². The number of carbonyl (C=O) groups excluding carboxylic acids is 1. The minimum atomic E-state index is -0.107. The number of rotatable bonds is 4. The van der Waals surface area contributed by atoms with Crippen molar-refractivity contribution in [3.8, 4) is 0 Å². The number of hydrogen-bond acceptors (Lipinski definition) is 3. The average Bonchev–Trinajstić information content (AvgIpc) is 2.42. The van der Waals surface area contributed by atoms with Gasteiger partial charge in [-0.1, -0.05) is 25.4 Å². The van der Waals surface area contributed by atoms with E-state index in [1.165, 1.54) is 0 Å². The van der Waals surface area contributed by atoms with Gasteiger partial charge in [-0.2, -0.15) is 0 Å². The highest BCUT2D eigenvalue weighted by Crippen LogP contribution is 2.42. The third-order valence-corrected chi connectivity index (χ3v) is 4.50. The Hall–Kier alpha value is -1.26. The van der Waals surface area contributed by atoms with Crippen LogP contribution in [0.4, 0.5) is 5.69 Å². The molecule has 1 fully saturated rings. The first kappa shape index (κ1) is 15.1. The Balaban J connectivity index is 2.12. The lowest BCUT2D eigenvalue weighted by Gasteiger charge is -2.51. The zero-order valence-corrected chi connectivity index (χ0v) is 13.0. The van der Waals surface area contributed by atoms with Gasteiger partial charge in [0, 0.05) is 36.3 Å². The van der Waals surface area contributed by atoms with Gasteiger partial charge < -0.3 is 15.4 Å². The number of methoxy groups -OCH3 is 1. The van der Waals surface area contributed by atoms with E-state index in [1.54, 1.807) is 32.4 Å². The Morgan fingerprint density at radius 3 is 2.70 bits per heavy atom. The Morgan fingerprint density at radius 1 is 1.45 bits per heavy atom. The molecular weight excluding hydrogens is 276 g/mol. The number of nitrogens with one attached hydrogen (secondary N) is 2. The summed E-state index contributed by atoms with van der Waals surface area (Å²) in [6, 6.07) is 5.37. The summed E-state index contributed by atoms with van der Waals surface area (Å²) in [4.78, 5) is 12.4. The fourth-order valence-electron chi connectivity index (χ4n) is 2.69. The second-order valence-corrected chi connectivity index (χ2v) is 6.18. The molecule has 1 aliphatic carbocycles. The fourth-order valence-corrected chi connectivity index (χ4v) is 2.86. The molecule has 2 unspecified atom stereocenters. The Bertz CT molecular complexity index is 517. The first-order chi connectivity index (χ1) is 9.40.